The highest BCUT2D eigenvalue weighted by Crippen LogP contribution is 2.11. The van der Waals surface area contributed by atoms with Gasteiger partial charge in [-0.2, -0.15) is 16.6 Å². The second-order valence-electron chi connectivity index (χ2n) is 2.81. The molecule has 14 heavy (non-hydrogen) atoms. The fourth-order valence-electron chi connectivity index (χ4n) is 0.971. The summed E-state index contributed by atoms with van der Waals surface area (Å²) in [7, 11) is 0. The number of rotatable bonds is 4. The van der Waals surface area contributed by atoms with Crippen LogP contribution in [0.5, 0.6) is 0 Å². The van der Waals surface area contributed by atoms with Crippen molar-refractivity contribution < 1.29 is 9.53 Å². The zero-order chi connectivity index (χ0) is 10.4. The van der Waals surface area contributed by atoms with Crippen molar-refractivity contribution in [3.8, 4) is 6.07 Å². The molecular formula is C10H11NO2S. The maximum Gasteiger partial charge on any atom is 0.339 e. The predicted octanol–water partition coefficient (Wildman–Crippen LogP) is 2.60. The van der Waals surface area contributed by atoms with Crippen LogP contribution >= 0.6 is 11.3 Å². The number of ether oxygens (including phenoxy) is 1. The average Bonchev–Trinajstić information content (AvgIpc) is 2.69. The molecular weight excluding hydrogens is 198 g/mol. The monoisotopic (exact) mass is 209 g/mol. The van der Waals surface area contributed by atoms with E-state index < -0.39 is 0 Å². The predicted molar refractivity (Wildman–Crippen MR) is 54.0 cm³/mol. The molecule has 0 fully saturated rings. The molecule has 74 valence electrons. The molecule has 1 aromatic rings. The lowest BCUT2D eigenvalue weighted by atomic mass is 10.2. The van der Waals surface area contributed by atoms with Crippen molar-refractivity contribution in [3.05, 3.63) is 22.4 Å². The highest BCUT2D eigenvalue weighted by molar-refractivity contribution is 7.08. The molecule has 0 saturated heterocycles. The lowest BCUT2D eigenvalue weighted by Gasteiger charge is -2.11. The van der Waals surface area contributed by atoms with E-state index in [0.29, 0.717) is 12.0 Å². The first-order valence-electron chi connectivity index (χ1n) is 4.38. The van der Waals surface area contributed by atoms with Gasteiger partial charge >= 0.3 is 5.97 Å². The topological polar surface area (TPSA) is 50.1 Å². The molecule has 0 spiro atoms. The Morgan fingerprint density at radius 2 is 2.57 bits per heavy atom. The normalized spacial score (nSPS) is 11.7. The van der Waals surface area contributed by atoms with Gasteiger partial charge in [0.1, 0.15) is 6.10 Å². The zero-order valence-electron chi connectivity index (χ0n) is 7.90. The van der Waals surface area contributed by atoms with Gasteiger partial charge in [0.25, 0.3) is 0 Å². The number of nitrogens with zero attached hydrogens (tertiary/aromatic N) is 1. The molecule has 0 N–H and O–H groups in total. The van der Waals surface area contributed by atoms with Gasteiger partial charge in [-0.1, -0.05) is 6.92 Å². The van der Waals surface area contributed by atoms with Crippen LogP contribution in [0.1, 0.15) is 30.1 Å². The van der Waals surface area contributed by atoms with Crippen LogP contribution in [0.15, 0.2) is 16.8 Å². The summed E-state index contributed by atoms with van der Waals surface area (Å²) in [6, 6.07) is 3.71. The minimum Gasteiger partial charge on any atom is -0.458 e. The summed E-state index contributed by atoms with van der Waals surface area (Å²) >= 11 is 1.45. The Bertz CT molecular complexity index is 326. The summed E-state index contributed by atoms with van der Waals surface area (Å²) in [5, 5.41) is 12.0. The molecule has 1 heterocycles. The van der Waals surface area contributed by atoms with Crippen LogP contribution in [0.4, 0.5) is 0 Å². The van der Waals surface area contributed by atoms with Crippen molar-refractivity contribution in [2.45, 2.75) is 25.9 Å². The molecule has 0 bridgehead atoms. The lowest BCUT2D eigenvalue weighted by Crippen LogP contribution is -2.16. The van der Waals surface area contributed by atoms with E-state index in [2.05, 4.69) is 0 Å². The fourth-order valence-corrected chi connectivity index (χ4v) is 1.60. The largest absolute Gasteiger partial charge is 0.458 e. The van der Waals surface area contributed by atoms with Crippen LogP contribution in [-0.2, 0) is 4.74 Å². The Labute approximate surface area is 86.9 Å². The van der Waals surface area contributed by atoms with Crippen LogP contribution in [0.3, 0.4) is 0 Å². The van der Waals surface area contributed by atoms with Crippen molar-refractivity contribution >= 4 is 17.3 Å². The summed E-state index contributed by atoms with van der Waals surface area (Å²) in [6.07, 6.45) is 0.642. The zero-order valence-corrected chi connectivity index (χ0v) is 8.71. The smallest absolute Gasteiger partial charge is 0.339 e. The van der Waals surface area contributed by atoms with E-state index in [9.17, 15) is 4.79 Å². The first kappa shape index (κ1) is 10.7. The number of thiophene rings is 1. The molecule has 3 nitrogen and oxygen atoms in total. The fraction of sp³-hybridized carbons (Fsp3) is 0.400. The summed E-state index contributed by atoms with van der Waals surface area (Å²) in [4.78, 5) is 11.4. The average molecular weight is 209 g/mol. The van der Waals surface area contributed by atoms with Gasteiger partial charge in [0.2, 0.25) is 0 Å². The first-order chi connectivity index (χ1) is 6.77. The van der Waals surface area contributed by atoms with E-state index in [0.717, 1.165) is 0 Å². The Morgan fingerprint density at radius 3 is 3.07 bits per heavy atom. The van der Waals surface area contributed by atoms with Crippen molar-refractivity contribution in [1.82, 2.24) is 0 Å². The van der Waals surface area contributed by atoms with Gasteiger partial charge in [0.05, 0.1) is 18.1 Å². The summed E-state index contributed by atoms with van der Waals surface area (Å²) in [5.74, 6) is -0.339. The number of carbonyl (C=O) groups excluding carboxylic acids is 1. The quantitative estimate of drug-likeness (QED) is 0.716. The molecule has 0 radical (unpaired) electrons. The van der Waals surface area contributed by atoms with E-state index in [4.69, 9.17) is 10.00 Å². The second-order valence-corrected chi connectivity index (χ2v) is 3.59. The molecule has 0 aliphatic carbocycles. The van der Waals surface area contributed by atoms with E-state index in [1.807, 2.05) is 18.4 Å². The molecule has 0 unspecified atom stereocenters. The SMILES string of the molecule is CC[C@H](CC#N)OC(=O)c1ccsc1. The van der Waals surface area contributed by atoms with E-state index in [1.165, 1.54) is 11.3 Å². The third-order valence-electron chi connectivity index (χ3n) is 1.80. The Balaban J connectivity index is 2.52. The van der Waals surface area contributed by atoms with Crippen molar-refractivity contribution in [2.24, 2.45) is 0 Å². The Kier molecular flexibility index (Phi) is 4.14. The number of carbonyl (C=O) groups is 1. The van der Waals surface area contributed by atoms with Gasteiger partial charge in [-0.3, -0.25) is 0 Å². The van der Waals surface area contributed by atoms with Gasteiger partial charge in [-0.15, -0.1) is 0 Å². The minimum absolute atomic E-state index is 0.256. The number of hydrogen-bond acceptors (Lipinski definition) is 4. The van der Waals surface area contributed by atoms with Gasteiger partial charge in [-0.25, -0.2) is 4.79 Å². The van der Waals surface area contributed by atoms with Gasteiger partial charge in [0, 0.05) is 5.38 Å². The number of nitriles is 1. The standard InChI is InChI=1S/C10H11NO2S/c1-2-9(3-5-11)13-10(12)8-4-6-14-7-8/h4,6-7,9H,2-3H2,1H3/t9-/m1/s1. The van der Waals surface area contributed by atoms with Crippen LogP contribution in [0.25, 0.3) is 0 Å². The minimum atomic E-state index is -0.339. The third kappa shape index (κ3) is 2.86. The van der Waals surface area contributed by atoms with Crippen molar-refractivity contribution in [3.63, 3.8) is 0 Å². The molecule has 0 aromatic carbocycles. The van der Waals surface area contributed by atoms with E-state index in [1.54, 1.807) is 11.4 Å². The van der Waals surface area contributed by atoms with Crippen LogP contribution < -0.4 is 0 Å². The summed E-state index contributed by atoms with van der Waals surface area (Å²) in [5.41, 5.74) is 0.561. The van der Waals surface area contributed by atoms with Gasteiger partial charge in [-0.05, 0) is 17.9 Å². The molecule has 0 saturated carbocycles. The van der Waals surface area contributed by atoms with Gasteiger partial charge < -0.3 is 4.74 Å². The third-order valence-corrected chi connectivity index (χ3v) is 2.49. The lowest BCUT2D eigenvalue weighted by molar-refractivity contribution is 0.0304. The van der Waals surface area contributed by atoms with Crippen LogP contribution in [0.2, 0.25) is 0 Å². The maximum atomic E-state index is 11.4. The Morgan fingerprint density at radius 1 is 1.79 bits per heavy atom. The van der Waals surface area contributed by atoms with Crippen LogP contribution in [0, 0.1) is 11.3 Å². The summed E-state index contributed by atoms with van der Waals surface area (Å²) < 4.78 is 5.13. The first-order valence-corrected chi connectivity index (χ1v) is 5.32. The maximum absolute atomic E-state index is 11.4. The molecule has 1 aromatic heterocycles. The van der Waals surface area contributed by atoms with Crippen molar-refractivity contribution in [2.75, 3.05) is 0 Å². The molecule has 1 atom stereocenters. The summed E-state index contributed by atoms with van der Waals surface area (Å²) in [6.45, 7) is 1.89. The molecule has 0 aliphatic heterocycles. The Hall–Kier alpha value is -1.34. The van der Waals surface area contributed by atoms with E-state index in [-0.39, 0.29) is 18.5 Å². The van der Waals surface area contributed by atoms with E-state index >= 15 is 0 Å². The number of esters is 1. The molecule has 1 rings (SSSR count). The molecule has 0 amide bonds. The van der Waals surface area contributed by atoms with Crippen LogP contribution in [-0.4, -0.2) is 12.1 Å². The second kappa shape index (κ2) is 5.40. The highest BCUT2D eigenvalue weighted by atomic mass is 32.1. The van der Waals surface area contributed by atoms with Gasteiger partial charge in [0.15, 0.2) is 0 Å². The molecule has 4 heteroatoms. The number of hydrogen-bond donors (Lipinski definition) is 0. The molecule has 0 aliphatic rings. The highest BCUT2D eigenvalue weighted by Gasteiger charge is 2.13. The van der Waals surface area contributed by atoms with Crippen molar-refractivity contribution in [1.29, 1.82) is 5.26 Å².